The number of carbonyl (C=O) groups is 14. The molecular weight excluding hydrogens is 1620 g/mol. The lowest BCUT2D eigenvalue weighted by Crippen LogP contribution is -2.48. The summed E-state index contributed by atoms with van der Waals surface area (Å²) < 4.78 is 128. The van der Waals surface area contributed by atoms with Crippen molar-refractivity contribution in [2.75, 3.05) is 116 Å². The number of phosphoric ester groups is 2. The van der Waals surface area contributed by atoms with E-state index in [9.17, 15) is 76.3 Å². The first-order valence-corrected chi connectivity index (χ1v) is 46.1. The Kier molecular flexibility index (Phi) is 24.9. The smallest absolute Gasteiger partial charge is 0.469 e. The first kappa shape index (κ1) is 81.5. The van der Waals surface area contributed by atoms with Crippen molar-refractivity contribution in [2.45, 2.75) is 100 Å². The third-order valence-corrected chi connectivity index (χ3v) is 33.1. The molecule has 36 nitrogen and oxygen atoms in total. The molecule has 0 radical (unpaired) electrons. The van der Waals surface area contributed by atoms with Gasteiger partial charge < -0.3 is 66.3 Å². The zero-order valence-corrected chi connectivity index (χ0v) is 66.1. The van der Waals surface area contributed by atoms with Gasteiger partial charge in [-0.3, -0.25) is 94.3 Å². The van der Waals surface area contributed by atoms with Crippen LogP contribution in [-0.4, -0.2) is 248 Å². The number of carbonyl (C=O) groups excluding carboxylic acids is 14. The van der Waals surface area contributed by atoms with Gasteiger partial charge in [0, 0.05) is 70.4 Å². The van der Waals surface area contributed by atoms with Crippen LogP contribution >= 0.6 is 80.4 Å². The SMILES string of the molecule is COC(=O)C1C2CC3C(OC(=O)C31)C2OC(=O)CCSSCCC(=O)OC1C2CC3C1OC(=O)C3C2C(=O)OC.COC(=O)C1C2CC3C(OC(=O)C31)C2OC(=O)CSSCC(=O)OC1C2CC3C1OC(=O)C3C2C(=O)OC.O=C(CCSSCCC(=O)OCC12COP(=O)(OC1)OC2)OCC12COP(=O)(OC1)OC2. The number of ether oxygens (including phenoxy) is 14. The first-order chi connectivity index (χ1) is 52.7. The van der Waals surface area contributed by atoms with Gasteiger partial charge in [0.05, 0.1) is 152 Å². The van der Waals surface area contributed by atoms with Crippen molar-refractivity contribution in [1.29, 1.82) is 0 Å². The minimum Gasteiger partial charge on any atom is -0.469 e. The van der Waals surface area contributed by atoms with Crippen LogP contribution in [0.3, 0.4) is 0 Å². The van der Waals surface area contributed by atoms with Crippen molar-refractivity contribution in [2.24, 2.45) is 106 Å². The highest BCUT2D eigenvalue weighted by atomic mass is 33.1. The summed E-state index contributed by atoms with van der Waals surface area (Å²) in [6, 6.07) is 0. The van der Waals surface area contributed by atoms with Gasteiger partial charge in [-0.05, 0) is 25.7 Å². The molecule has 10 heterocycles. The van der Waals surface area contributed by atoms with E-state index in [2.05, 4.69) is 0 Å². The fourth-order valence-electron chi connectivity index (χ4n) is 18.8. The Morgan fingerprint density at radius 2 is 0.582 bits per heavy atom. The van der Waals surface area contributed by atoms with E-state index in [4.69, 9.17) is 93.5 Å². The molecular formula is C66H80O36P2S6. The molecule has 0 amide bonds. The van der Waals surface area contributed by atoms with Crippen molar-refractivity contribution in [3.8, 4) is 0 Å². The molecule has 110 heavy (non-hydrogen) atoms. The summed E-state index contributed by atoms with van der Waals surface area (Å²) in [6.45, 7) is 1.20. The van der Waals surface area contributed by atoms with E-state index in [1.165, 1.54) is 71.6 Å². The predicted molar refractivity (Wildman–Crippen MR) is 372 cm³/mol. The highest BCUT2D eigenvalue weighted by molar-refractivity contribution is 8.77. The molecule has 0 aromatic rings. The van der Waals surface area contributed by atoms with Crippen LogP contribution < -0.4 is 0 Å². The molecule has 606 valence electrons. The van der Waals surface area contributed by atoms with Crippen LogP contribution in [0, 0.1) is 106 Å². The van der Waals surface area contributed by atoms with Crippen LogP contribution in [-0.2, 0) is 170 Å². The second-order valence-corrected chi connectivity index (χ2v) is 40.9. The molecule has 18 fully saturated rings. The number of rotatable bonds is 31. The van der Waals surface area contributed by atoms with Gasteiger partial charge in [-0.1, -0.05) is 64.8 Å². The highest BCUT2D eigenvalue weighted by Crippen LogP contribution is 2.65. The van der Waals surface area contributed by atoms with Crippen molar-refractivity contribution < 1.29 is 170 Å². The van der Waals surface area contributed by atoms with E-state index in [1.54, 1.807) is 0 Å². The van der Waals surface area contributed by atoms with E-state index < -0.39 is 194 Å². The fourth-order valence-corrected chi connectivity index (χ4v) is 27.3. The molecule has 44 heteroatoms. The van der Waals surface area contributed by atoms with Crippen LogP contribution in [0.4, 0.5) is 0 Å². The molecule has 8 saturated carbocycles. The summed E-state index contributed by atoms with van der Waals surface area (Å²) in [7, 11) is 6.28. The highest BCUT2D eigenvalue weighted by Gasteiger charge is 2.74. The van der Waals surface area contributed by atoms with Crippen LogP contribution in [0.25, 0.3) is 0 Å². The van der Waals surface area contributed by atoms with Gasteiger partial charge in [0.1, 0.15) is 73.6 Å². The zero-order valence-electron chi connectivity index (χ0n) is 59.5. The number of hydrogen-bond acceptors (Lipinski definition) is 42. The Hall–Kier alpha value is -5.10. The Balaban J connectivity index is 0.000000138. The summed E-state index contributed by atoms with van der Waals surface area (Å²) >= 11 is 0. The molecule has 12 bridgehead atoms. The van der Waals surface area contributed by atoms with Gasteiger partial charge in [-0.15, -0.1) is 0 Å². The maximum absolute atomic E-state index is 12.5. The predicted octanol–water partition coefficient (Wildman–Crippen LogP) is 3.66. The van der Waals surface area contributed by atoms with Crippen molar-refractivity contribution in [1.82, 2.24) is 0 Å². The Morgan fingerprint density at radius 1 is 0.345 bits per heavy atom. The minimum absolute atomic E-state index is 0.0702. The summed E-state index contributed by atoms with van der Waals surface area (Å²) in [4.78, 5) is 172. The Bertz CT molecular complexity index is 3490. The molecule has 0 spiro atoms. The number of methoxy groups -OCH3 is 4. The molecule has 10 saturated heterocycles. The second kappa shape index (κ2) is 33.6. The van der Waals surface area contributed by atoms with Crippen molar-refractivity contribution in [3.63, 3.8) is 0 Å². The van der Waals surface area contributed by atoms with Crippen molar-refractivity contribution in [3.05, 3.63) is 0 Å². The summed E-state index contributed by atoms with van der Waals surface area (Å²) in [5.74, 6) is -11.1. The third-order valence-electron chi connectivity index (χ3n) is 23.6. The summed E-state index contributed by atoms with van der Waals surface area (Å²) in [6.07, 6.45) is -1.81. The van der Waals surface area contributed by atoms with Crippen LogP contribution in [0.1, 0.15) is 51.4 Å². The molecule has 0 aromatic heterocycles. The monoisotopic (exact) mass is 1700 g/mol. The zero-order chi connectivity index (χ0) is 77.9. The standard InChI is InChI=1S/C26H30O12S2.C24H26O12S2.C16H24O12P2S2/c1-33-23(29)15-9-7-11-17(15)25(31)37-21(11)19(9)35-13(27)3-5-39-40-6-4-14(28)36-20-10-8-12-18(16(10)24(30)34-2)26(32)38-22(12)20;1-31-21(27)13-7-3-9-15(13)23(29)35-19(9)17(7)33-11(25)5-37-38-6-12(26)34-18-8-4-10-16(14(8)22(28)32-2)24(30)36-20(10)18;17-13(21-5-15-7-23-29(19,24-8-15)25-9-15)1-3-31-32-4-2-14(18)22-6-16-10-26-30(20,27-11-16)28-12-16/h9-12,15-22H,3-8H2,1-2H3;7-10,13-20H,3-6H2,1-2H3;1-12H2. The van der Waals surface area contributed by atoms with E-state index in [0.717, 1.165) is 21.6 Å². The largest absolute Gasteiger partial charge is 0.474 e. The Labute approximate surface area is 651 Å². The maximum atomic E-state index is 12.5. The topological polar surface area (TPSA) is 458 Å². The fraction of sp³-hybridized carbons (Fsp3) is 0.788. The molecule has 24 unspecified atom stereocenters. The van der Waals surface area contributed by atoms with Crippen LogP contribution in [0.2, 0.25) is 0 Å². The van der Waals surface area contributed by atoms with Gasteiger partial charge in [-0.2, -0.15) is 0 Å². The number of esters is 14. The van der Waals surface area contributed by atoms with E-state index in [1.807, 2.05) is 0 Å². The lowest BCUT2D eigenvalue weighted by atomic mass is 9.78. The van der Waals surface area contributed by atoms with Gasteiger partial charge >= 0.3 is 99.2 Å². The average molecular weight is 1700 g/mol. The van der Waals surface area contributed by atoms with Gasteiger partial charge in [0.15, 0.2) is 0 Å². The van der Waals surface area contributed by atoms with Crippen LogP contribution in [0.5, 0.6) is 0 Å². The quantitative estimate of drug-likeness (QED) is 0.0314. The molecule has 24 atom stereocenters. The average Bonchev–Trinajstić information content (AvgIpc) is 1.54. The number of fused-ring (bicyclic) bond motifs is 10. The van der Waals surface area contributed by atoms with Gasteiger partial charge in [0.25, 0.3) is 0 Å². The molecule has 18 rings (SSSR count). The minimum atomic E-state index is -3.38. The molecule has 8 aliphatic carbocycles. The van der Waals surface area contributed by atoms with E-state index in [0.29, 0.717) is 48.7 Å². The van der Waals surface area contributed by atoms with E-state index in [-0.39, 0.29) is 149 Å². The molecule has 18 aliphatic rings. The number of hydrogen-bond donors (Lipinski definition) is 0. The molecule has 10 aliphatic heterocycles. The number of phosphoric acid groups is 2. The second-order valence-electron chi connectivity index (χ2n) is 29.6. The lowest BCUT2D eigenvalue weighted by Gasteiger charge is -2.43. The van der Waals surface area contributed by atoms with Gasteiger partial charge in [-0.25, -0.2) is 9.13 Å². The van der Waals surface area contributed by atoms with Crippen LogP contribution in [0.15, 0.2) is 0 Å². The van der Waals surface area contributed by atoms with E-state index >= 15 is 0 Å². The summed E-state index contributed by atoms with van der Waals surface area (Å²) in [5.41, 5.74) is -1.22. The third kappa shape index (κ3) is 16.1. The van der Waals surface area contributed by atoms with Crippen molar-refractivity contribution >= 4 is 164 Å². The normalized spacial score (nSPS) is 40.7. The maximum Gasteiger partial charge on any atom is 0.474 e. The lowest BCUT2D eigenvalue weighted by molar-refractivity contribution is -0.164. The molecule has 0 N–H and O–H groups in total. The summed E-state index contributed by atoms with van der Waals surface area (Å²) in [5, 5.41) is 0. The molecule has 0 aromatic carbocycles. The Morgan fingerprint density at radius 3 is 0.827 bits per heavy atom. The van der Waals surface area contributed by atoms with Gasteiger partial charge in [0.2, 0.25) is 0 Å². The first-order valence-electron chi connectivity index (χ1n) is 35.8.